The van der Waals surface area contributed by atoms with Crippen molar-refractivity contribution < 1.29 is 9.32 Å². The minimum absolute atomic E-state index is 0.0958. The SMILES string of the molecule is Cc1cc(C(=O)N2CCC[C@H]2CN2CCCC2)c2c(C)noc2n1. The van der Waals surface area contributed by atoms with Crippen LogP contribution in [0.3, 0.4) is 0 Å². The highest BCUT2D eigenvalue weighted by atomic mass is 16.5. The largest absolute Gasteiger partial charge is 0.336 e. The number of likely N-dealkylation sites (tertiary alicyclic amines) is 2. The maximum absolute atomic E-state index is 13.3. The summed E-state index contributed by atoms with van der Waals surface area (Å²) in [6, 6.07) is 2.19. The maximum Gasteiger partial charge on any atom is 0.258 e. The summed E-state index contributed by atoms with van der Waals surface area (Å²) in [6.07, 6.45) is 4.74. The van der Waals surface area contributed by atoms with E-state index in [2.05, 4.69) is 19.9 Å². The van der Waals surface area contributed by atoms with Crippen molar-refractivity contribution in [2.45, 2.75) is 45.6 Å². The number of nitrogens with zero attached hydrogens (tertiary/aromatic N) is 4. The van der Waals surface area contributed by atoms with Crippen molar-refractivity contribution >= 4 is 17.0 Å². The molecule has 0 unspecified atom stereocenters. The molecule has 0 aromatic carbocycles. The Kier molecular flexibility index (Phi) is 4.00. The van der Waals surface area contributed by atoms with Crippen LogP contribution in [0.15, 0.2) is 10.6 Å². The average molecular weight is 328 g/mol. The molecule has 0 radical (unpaired) electrons. The second-order valence-electron chi connectivity index (χ2n) is 7.06. The number of rotatable bonds is 3. The first-order valence-electron chi connectivity index (χ1n) is 8.90. The second-order valence-corrected chi connectivity index (χ2v) is 7.06. The number of aryl methyl sites for hydroxylation is 2. The Bertz CT molecular complexity index is 764. The molecule has 2 aromatic heterocycles. The van der Waals surface area contributed by atoms with Gasteiger partial charge in [-0.15, -0.1) is 0 Å². The molecule has 6 nitrogen and oxygen atoms in total. The Labute approximate surface area is 141 Å². The van der Waals surface area contributed by atoms with Crippen LogP contribution in [0.4, 0.5) is 0 Å². The third kappa shape index (κ3) is 2.69. The van der Waals surface area contributed by atoms with Crippen LogP contribution < -0.4 is 0 Å². The lowest BCUT2D eigenvalue weighted by atomic mass is 10.1. The number of hydrogen-bond donors (Lipinski definition) is 0. The zero-order valence-electron chi connectivity index (χ0n) is 14.4. The molecule has 0 spiro atoms. The van der Waals surface area contributed by atoms with Gasteiger partial charge in [0.1, 0.15) is 0 Å². The molecule has 6 heteroatoms. The van der Waals surface area contributed by atoms with E-state index in [0.29, 0.717) is 17.3 Å². The lowest BCUT2D eigenvalue weighted by Gasteiger charge is -2.28. The van der Waals surface area contributed by atoms with Crippen LogP contribution in [0.2, 0.25) is 0 Å². The topological polar surface area (TPSA) is 62.5 Å². The first-order valence-corrected chi connectivity index (χ1v) is 8.90. The monoisotopic (exact) mass is 328 g/mol. The van der Waals surface area contributed by atoms with Crippen LogP contribution in [-0.4, -0.2) is 58.1 Å². The van der Waals surface area contributed by atoms with Crippen LogP contribution in [0.1, 0.15) is 47.4 Å². The Morgan fingerprint density at radius 3 is 2.83 bits per heavy atom. The molecule has 128 valence electrons. The molecule has 1 amide bonds. The van der Waals surface area contributed by atoms with Crippen molar-refractivity contribution in [3.8, 4) is 0 Å². The molecule has 0 saturated carbocycles. The maximum atomic E-state index is 13.3. The predicted octanol–water partition coefficient (Wildman–Crippen LogP) is 2.54. The molecular weight excluding hydrogens is 304 g/mol. The van der Waals surface area contributed by atoms with Crippen molar-refractivity contribution in [3.63, 3.8) is 0 Å². The smallest absolute Gasteiger partial charge is 0.258 e. The van der Waals surface area contributed by atoms with Crippen molar-refractivity contribution in [2.24, 2.45) is 0 Å². The van der Waals surface area contributed by atoms with Gasteiger partial charge in [0.2, 0.25) is 0 Å². The van der Waals surface area contributed by atoms with E-state index < -0.39 is 0 Å². The number of carbonyl (C=O) groups excluding carboxylic acids is 1. The second kappa shape index (κ2) is 6.16. The number of hydrogen-bond acceptors (Lipinski definition) is 5. The van der Waals surface area contributed by atoms with E-state index in [4.69, 9.17) is 4.52 Å². The molecule has 2 saturated heterocycles. The zero-order valence-corrected chi connectivity index (χ0v) is 14.4. The first-order chi connectivity index (χ1) is 11.6. The number of amides is 1. The standard InChI is InChI=1S/C18H24N4O2/c1-12-10-15(16-13(2)20-24-17(16)19-12)18(23)22-9-5-6-14(22)11-21-7-3-4-8-21/h10,14H,3-9,11H2,1-2H3/t14-/m0/s1. The molecule has 2 aromatic rings. The van der Waals surface area contributed by atoms with Gasteiger partial charge >= 0.3 is 0 Å². The van der Waals surface area contributed by atoms with Gasteiger partial charge < -0.3 is 14.3 Å². The molecule has 24 heavy (non-hydrogen) atoms. The fourth-order valence-corrected chi connectivity index (χ4v) is 4.10. The van der Waals surface area contributed by atoms with Crippen molar-refractivity contribution in [1.29, 1.82) is 0 Å². The highest BCUT2D eigenvalue weighted by Crippen LogP contribution is 2.27. The normalized spacial score (nSPS) is 21.9. The summed E-state index contributed by atoms with van der Waals surface area (Å²) in [5.41, 5.74) is 2.67. The highest BCUT2D eigenvalue weighted by Gasteiger charge is 2.33. The number of aromatic nitrogens is 2. The van der Waals surface area contributed by atoms with Crippen molar-refractivity contribution in [1.82, 2.24) is 19.9 Å². The number of pyridine rings is 1. The first kappa shape index (κ1) is 15.6. The van der Waals surface area contributed by atoms with E-state index in [-0.39, 0.29) is 5.91 Å². The van der Waals surface area contributed by atoms with Crippen molar-refractivity contribution in [2.75, 3.05) is 26.2 Å². The molecule has 0 N–H and O–H groups in total. The fourth-order valence-electron chi connectivity index (χ4n) is 4.10. The van der Waals surface area contributed by atoms with Gasteiger partial charge in [-0.3, -0.25) is 4.79 Å². The van der Waals surface area contributed by atoms with Crippen LogP contribution in [-0.2, 0) is 0 Å². The molecule has 2 aliphatic heterocycles. The lowest BCUT2D eigenvalue weighted by Crippen LogP contribution is -2.42. The minimum atomic E-state index is 0.0958. The van der Waals surface area contributed by atoms with E-state index in [9.17, 15) is 4.79 Å². The van der Waals surface area contributed by atoms with Crippen LogP contribution >= 0.6 is 0 Å². The van der Waals surface area contributed by atoms with Gasteiger partial charge in [0, 0.05) is 24.8 Å². The lowest BCUT2D eigenvalue weighted by molar-refractivity contribution is 0.0710. The van der Waals surface area contributed by atoms with Crippen LogP contribution in [0.25, 0.3) is 11.1 Å². The summed E-state index contributed by atoms with van der Waals surface area (Å²) in [5, 5.41) is 4.75. The van der Waals surface area contributed by atoms with Gasteiger partial charge in [-0.05, 0) is 58.7 Å². The van der Waals surface area contributed by atoms with E-state index in [1.54, 1.807) is 0 Å². The van der Waals surface area contributed by atoms with E-state index >= 15 is 0 Å². The van der Waals surface area contributed by atoms with Crippen LogP contribution in [0, 0.1) is 13.8 Å². The van der Waals surface area contributed by atoms with Gasteiger partial charge in [-0.1, -0.05) is 5.16 Å². The van der Waals surface area contributed by atoms with Crippen LogP contribution in [0.5, 0.6) is 0 Å². The summed E-state index contributed by atoms with van der Waals surface area (Å²) in [4.78, 5) is 22.2. The van der Waals surface area contributed by atoms with Gasteiger partial charge in [0.25, 0.3) is 11.6 Å². The fraction of sp³-hybridized carbons (Fsp3) is 0.611. The Morgan fingerprint density at radius 2 is 2.04 bits per heavy atom. The van der Waals surface area contributed by atoms with Gasteiger partial charge in [-0.25, -0.2) is 4.98 Å². The molecule has 2 aliphatic rings. The Balaban J connectivity index is 1.64. The zero-order chi connectivity index (χ0) is 16.7. The molecule has 4 rings (SSSR count). The molecule has 0 aliphatic carbocycles. The van der Waals surface area contributed by atoms with Gasteiger partial charge in [0.05, 0.1) is 16.6 Å². The summed E-state index contributed by atoms with van der Waals surface area (Å²) in [6.45, 7) is 7.93. The summed E-state index contributed by atoms with van der Waals surface area (Å²) >= 11 is 0. The number of fused-ring (bicyclic) bond motifs is 1. The van der Waals surface area contributed by atoms with E-state index in [1.807, 2.05) is 19.9 Å². The molecule has 0 bridgehead atoms. The summed E-state index contributed by atoms with van der Waals surface area (Å²) in [5.74, 6) is 0.0958. The minimum Gasteiger partial charge on any atom is -0.336 e. The van der Waals surface area contributed by atoms with E-state index in [0.717, 1.165) is 42.7 Å². The highest BCUT2D eigenvalue weighted by molar-refractivity contribution is 6.06. The predicted molar refractivity (Wildman–Crippen MR) is 91.0 cm³/mol. The summed E-state index contributed by atoms with van der Waals surface area (Å²) in [7, 11) is 0. The molecule has 1 atom stereocenters. The Morgan fingerprint density at radius 1 is 1.25 bits per heavy atom. The Hall–Kier alpha value is -1.95. The third-order valence-corrected chi connectivity index (χ3v) is 5.28. The van der Waals surface area contributed by atoms with Crippen molar-refractivity contribution in [3.05, 3.63) is 23.0 Å². The molecule has 2 fully saturated rings. The molecular formula is C18H24N4O2. The molecule has 4 heterocycles. The number of carbonyl (C=O) groups is 1. The quantitative estimate of drug-likeness (QED) is 0.866. The third-order valence-electron chi connectivity index (χ3n) is 5.28. The summed E-state index contributed by atoms with van der Waals surface area (Å²) < 4.78 is 5.28. The van der Waals surface area contributed by atoms with E-state index in [1.165, 1.54) is 25.9 Å². The van der Waals surface area contributed by atoms with Gasteiger partial charge in [0.15, 0.2) is 0 Å². The average Bonchev–Trinajstić information content (AvgIpc) is 3.29. The van der Waals surface area contributed by atoms with Gasteiger partial charge in [-0.2, -0.15) is 0 Å².